The van der Waals surface area contributed by atoms with Crippen LogP contribution in [0.1, 0.15) is 24.9 Å². The maximum atomic E-state index is 12.2. The maximum Gasteiger partial charge on any atom is 0.222 e. The average molecular weight is 384 g/mol. The Hall–Kier alpha value is -1.44. The van der Waals surface area contributed by atoms with Crippen molar-refractivity contribution in [3.8, 4) is 0 Å². The predicted molar refractivity (Wildman–Crippen MR) is 90.7 cm³/mol. The minimum atomic E-state index is -0.423. The molecule has 0 aliphatic carbocycles. The third-order valence-corrected chi connectivity index (χ3v) is 4.43. The van der Waals surface area contributed by atoms with E-state index in [4.69, 9.17) is 0 Å². The summed E-state index contributed by atoms with van der Waals surface area (Å²) in [4.78, 5) is 23.6. The summed E-state index contributed by atoms with van der Waals surface area (Å²) in [5, 5.41) is 18.5. The molecule has 3 unspecified atom stereocenters. The zero-order valence-corrected chi connectivity index (χ0v) is 14.6. The van der Waals surface area contributed by atoms with E-state index in [9.17, 15) is 14.7 Å². The Kier molecular flexibility index (Phi) is 6.56. The summed E-state index contributed by atoms with van der Waals surface area (Å²) in [5.74, 6) is -0.294. The lowest BCUT2D eigenvalue weighted by atomic mass is 10.0. The summed E-state index contributed by atoms with van der Waals surface area (Å²) in [6, 6.07) is 7.14. The van der Waals surface area contributed by atoms with Gasteiger partial charge in [-0.2, -0.15) is 0 Å². The highest BCUT2D eigenvalue weighted by Gasteiger charge is 2.25. The van der Waals surface area contributed by atoms with Crippen molar-refractivity contribution in [3.63, 3.8) is 0 Å². The molecule has 1 aromatic carbocycles. The number of carbonyl (C=O) groups excluding carboxylic acids is 2. The van der Waals surface area contributed by atoms with Crippen molar-refractivity contribution in [3.05, 3.63) is 34.3 Å². The van der Waals surface area contributed by atoms with E-state index in [1.807, 2.05) is 24.3 Å². The molecule has 0 saturated carbocycles. The fraction of sp³-hybridized carbons (Fsp3) is 0.500. The molecule has 1 fully saturated rings. The molecule has 0 radical (unpaired) electrons. The van der Waals surface area contributed by atoms with Gasteiger partial charge in [0.25, 0.3) is 0 Å². The van der Waals surface area contributed by atoms with Gasteiger partial charge in [-0.3, -0.25) is 9.59 Å². The van der Waals surface area contributed by atoms with Crippen molar-refractivity contribution < 1.29 is 14.7 Å². The van der Waals surface area contributed by atoms with Crippen LogP contribution in [0.3, 0.4) is 0 Å². The first-order valence-corrected chi connectivity index (χ1v) is 8.43. The molecule has 1 aromatic rings. The summed E-state index contributed by atoms with van der Waals surface area (Å²) in [7, 11) is 0. The number of halogens is 1. The molecule has 1 saturated heterocycles. The second-order valence-corrected chi connectivity index (χ2v) is 6.71. The van der Waals surface area contributed by atoms with Crippen LogP contribution in [0.5, 0.6) is 0 Å². The molecular formula is C16H22BrN3O3. The van der Waals surface area contributed by atoms with Gasteiger partial charge in [0.1, 0.15) is 0 Å². The number of aliphatic hydroxyl groups is 1. The van der Waals surface area contributed by atoms with Crippen LogP contribution >= 0.6 is 15.9 Å². The molecule has 1 heterocycles. The minimum Gasteiger partial charge on any atom is -0.391 e. The molecular weight excluding hydrogens is 362 g/mol. The van der Waals surface area contributed by atoms with E-state index in [1.165, 1.54) is 6.92 Å². The molecule has 3 atom stereocenters. The van der Waals surface area contributed by atoms with Gasteiger partial charge in [0.2, 0.25) is 11.8 Å². The van der Waals surface area contributed by atoms with Gasteiger partial charge in [-0.1, -0.05) is 28.1 Å². The number of carbonyl (C=O) groups is 2. The Balaban J connectivity index is 1.92. The molecule has 0 spiro atoms. The van der Waals surface area contributed by atoms with Crippen molar-refractivity contribution in [1.82, 2.24) is 16.0 Å². The molecule has 126 valence electrons. The first-order chi connectivity index (χ1) is 11.0. The van der Waals surface area contributed by atoms with Crippen LogP contribution in [0.15, 0.2) is 28.7 Å². The topological polar surface area (TPSA) is 90.5 Å². The number of amides is 2. The predicted octanol–water partition coefficient (Wildman–Crippen LogP) is 0.713. The van der Waals surface area contributed by atoms with Crippen molar-refractivity contribution in [2.24, 2.45) is 5.92 Å². The fourth-order valence-electron chi connectivity index (χ4n) is 2.62. The molecule has 1 aliphatic rings. The summed E-state index contributed by atoms with van der Waals surface area (Å²) < 4.78 is 0.940. The summed E-state index contributed by atoms with van der Waals surface area (Å²) in [6.07, 6.45) is -0.259. The Morgan fingerprint density at radius 1 is 1.35 bits per heavy atom. The number of hydrogen-bond acceptors (Lipinski definition) is 4. The Labute approximate surface area is 144 Å². The number of benzene rings is 1. The van der Waals surface area contributed by atoms with Crippen LogP contribution in [-0.2, 0) is 9.59 Å². The number of aliphatic hydroxyl groups excluding tert-OH is 1. The van der Waals surface area contributed by atoms with Crippen molar-refractivity contribution in [2.45, 2.75) is 25.5 Å². The monoisotopic (exact) mass is 383 g/mol. The van der Waals surface area contributed by atoms with Gasteiger partial charge in [0, 0.05) is 36.9 Å². The second-order valence-electron chi connectivity index (χ2n) is 5.80. The van der Waals surface area contributed by atoms with E-state index in [1.54, 1.807) is 0 Å². The highest BCUT2D eigenvalue weighted by molar-refractivity contribution is 9.10. The van der Waals surface area contributed by atoms with Crippen LogP contribution in [-0.4, -0.2) is 42.7 Å². The van der Waals surface area contributed by atoms with E-state index < -0.39 is 6.10 Å². The smallest absolute Gasteiger partial charge is 0.222 e. The molecule has 1 aliphatic heterocycles. The molecule has 23 heavy (non-hydrogen) atoms. The van der Waals surface area contributed by atoms with Gasteiger partial charge < -0.3 is 21.1 Å². The number of hydrogen-bond donors (Lipinski definition) is 4. The van der Waals surface area contributed by atoms with Gasteiger partial charge in [0.05, 0.1) is 18.6 Å². The third-order valence-electron chi connectivity index (χ3n) is 3.90. The van der Waals surface area contributed by atoms with Crippen LogP contribution in [0.2, 0.25) is 0 Å². The average Bonchev–Trinajstić information content (AvgIpc) is 2.90. The lowest BCUT2D eigenvalue weighted by Gasteiger charge is -2.19. The van der Waals surface area contributed by atoms with Gasteiger partial charge in [0.15, 0.2) is 0 Å². The van der Waals surface area contributed by atoms with E-state index >= 15 is 0 Å². The molecule has 0 bridgehead atoms. The number of rotatable bonds is 6. The maximum absolute atomic E-state index is 12.2. The minimum absolute atomic E-state index is 0.0332. The summed E-state index contributed by atoms with van der Waals surface area (Å²) in [5.41, 5.74) is 0.876. The molecule has 2 amide bonds. The standard InChI is InChI=1S/C16H22BrN3O3/c1-10(21)20-14(11-2-4-13(17)5-3-11)6-16(23)19-8-12-7-18-9-15(12)22/h2-5,12,14-15,18,22H,6-9H2,1H3,(H,19,23)(H,20,21). The normalized spacial score (nSPS) is 21.7. The first kappa shape index (κ1) is 17.9. The Morgan fingerprint density at radius 3 is 2.61 bits per heavy atom. The van der Waals surface area contributed by atoms with E-state index in [-0.39, 0.29) is 30.2 Å². The Bertz CT molecular complexity index is 550. The van der Waals surface area contributed by atoms with Gasteiger partial charge in [-0.15, -0.1) is 0 Å². The molecule has 7 heteroatoms. The fourth-order valence-corrected chi connectivity index (χ4v) is 2.89. The number of nitrogens with one attached hydrogen (secondary N) is 3. The molecule has 0 aromatic heterocycles. The van der Waals surface area contributed by atoms with E-state index in [0.29, 0.717) is 19.6 Å². The van der Waals surface area contributed by atoms with Gasteiger partial charge in [-0.05, 0) is 17.7 Å². The molecule has 4 N–H and O–H groups in total. The number of β-amino-alcohol motifs (C(OH)–C–C–N with tert-alkyl or cyclic N) is 1. The second kappa shape index (κ2) is 8.42. The zero-order chi connectivity index (χ0) is 16.8. The third kappa shape index (κ3) is 5.60. The highest BCUT2D eigenvalue weighted by atomic mass is 79.9. The van der Waals surface area contributed by atoms with Gasteiger partial charge in [-0.25, -0.2) is 0 Å². The van der Waals surface area contributed by atoms with E-state index in [2.05, 4.69) is 31.9 Å². The van der Waals surface area contributed by atoms with Crippen LogP contribution in [0.4, 0.5) is 0 Å². The summed E-state index contributed by atoms with van der Waals surface area (Å²) in [6.45, 7) is 3.13. The quantitative estimate of drug-likeness (QED) is 0.582. The van der Waals surface area contributed by atoms with Crippen LogP contribution < -0.4 is 16.0 Å². The highest BCUT2D eigenvalue weighted by Crippen LogP contribution is 2.20. The van der Waals surface area contributed by atoms with Crippen molar-refractivity contribution >= 4 is 27.7 Å². The van der Waals surface area contributed by atoms with Crippen molar-refractivity contribution in [1.29, 1.82) is 0 Å². The van der Waals surface area contributed by atoms with Crippen LogP contribution in [0, 0.1) is 5.92 Å². The van der Waals surface area contributed by atoms with E-state index in [0.717, 1.165) is 10.0 Å². The lowest BCUT2D eigenvalue weighted by molar-refractivity contribution is -0.123. The van der Waals surface area contributed by atoms with Gasteiger partial charge >= 0.3 is 0 Å². The molecule has 2 rings (SSSR count). The first-order valence-electron chi connectivity index (χ1n) is 7.63. The Morgan fingerprint density at radius 2 is 2.04 bits per heavy atom. The molecule has 6 nitrogen and oxygen atoms in total. The lowest BCUT2D eigenvalue weighted by Crippen LogP contribution is -2.37. The summed E-state index contributed by atoms with van der Waals surface area (Å²) >= 11 is 3.37. The largest absolute Gasteiger partial charge is 0.391 e. The SMILES string of the molecule is CC(=O)NC(CC(=O)NCC1CNCC1O)c1ccc(Br)cc1. The zero-order valence-electron chi connectivity index (χ0n) is 13.0. The van der Waals surface area contributed by atoms with Crippen molar-refractivity contribution in [2.75, 3.05) is 19.6 Å². The van der Waals surface area contributed by atoms with Crippen LogP contribution in [0.25, 0.3) is 0 Å².